The van der Waals surface area contributed by atoms with E-state index in [4.69, 9.17) is 9.47 Å². The summed E-state index contributed by atoms with van der Waals surface area (Å²) in [5.41, 5.74) is 0.767. The van der Waals surface area contributed by atoms with Gasteiger partial charge in [-0.1, -0.05) is 72.8 Å². The summed E-state index contributed by atoms with van der Waals surface area (Å²) in [7, 11) is 0. The standard InChI is InChI=1S/C33H37N3O6/c1-22-15-11-13-19-25(22)33(36(30(40)42-32(5,6)7)34-29(39)41-31(2,3)4)26-20-14-12-18-24(26)27(37)35(28(33)38)21-23-16-9-8-10-17-23/h8-20H,21H2,1-7H3,(H,34,39)/t33-/m0/s1. The molecule has 1 atom stereocenters. The maximum atomic E-state index is 15.0. The molecule has 3 aromatic carbocycles. The van der Waals surface area contributed by atoms with E-state index in [0.717, 1.165) is 9.91 Å². The molecule has 0 spiro atoms. The van der Waals surface area contributed by atoms with E-state index < -0.39 is 40.7 Å². The molecule has 4 rings (SSSR count). The summed E-state index contributed by atoms with van der Waals surface area (Å²) in [5.74, 6) is -1.25. The number of aryl methyl sites for hydroxylation is 1. The van der Waals surface area contributed by atoms with Gasteiger partial charge in [0.15, 0.2) is 5.54 Å². The topological polar surface area (TPSA) is 105 Å². The molecule has 1 N–H and O–H groups in total. The van der Waals surface area contributed by atoms with Gasteiger partial charge in [-0.15, -0.1) is 0 Å². The number of hydrogen-bond acceptors (Lipinski definition) is 6. The van der Waals surface area contributed by atoms with Gasteiger partial charge in [0, 0.05) is 11.1 Å². The van der Waals surface area contributed by atoms with Crippen molar-refractivity contribution in [1.29, 1.82) is 0 Å². The van der Waals surface area contributed by atoms with Crippen LogP contribution in [0, 0.1) is 6.92 Å². The number of nitrogens with one attached hydrogen (secondary N) is 1. The van der Waals surface area contributed by atoms with Crippen LogP contribution in [-0.4, -0.2) is 45.1 Å². The van der Waals surface area contributed by atoms with Crippen molar-refractivity contribution in [1.82, 2.24) is 15.3 Å². The predicted molar refractivity (Wildman–Crippen MR) is 157 cm³/mol. The molecule has 1 heterocycles. The summed E-state index contributed by atoms with van der Waals surface area (Å²) in [6.45, 7) is 11.8. The second-order valence-corrected chi connectivity index (χ2v) is 12.2. The van der Waals surface area contributed by atoms with Gasteiger partial charge in [-0.25, -0.2) is 15.0 Å². The van der Waals surface area contributed by atoms with Crippen LogP contribution in [0.2, 0.25) is 0 Å². The van der Waals surface area contributed by atoms with Crippen molar-refractivity contribution in [3.63, 3.8) is 0 Å². The lowest BCUT2D eigenvalue weighted by molar-refractivity contribution is -0.143. The Bertz CT molecular complexity index is 1510. The van der Waals surface area contributed by atoms with Crippen molar-refractivity contribution >= 4 is 24.0 Å². The van der Waals surface area contributed by atoms with E-state index in [1.807, 2.05) is 18.2 Å². The summed E-state index contributed by atoms with van der Waals surface area (Å²) in [6, 6.07) is 22.7. The van der Waals surface area contributed by atoms with Crippen molar-refractivity contribution in [2.45, 2.75) is 71.8 Å². The van der Waals surface area contributed by atoms with Crippen LogP contribution < -0.4 is 5.43 Å². The third kappa shape index (κ3) is 6.00. The van der Waals surface area contributed by atoms with Gasteiger partial charge in [-0.2, -0.15) is 5.01 Å². The number of ether oxygens (including phenoxy) is 2. The van der Waals surface area contributed by atoms with Crippen molar-refractivity contribution in [3.8, 4) is 0 Å². The molecule has 1 aliphatic heterocycles. The summed E-state index contributed by atoms with van der Waals surface area (Å²) in [5, 5.41) is 0.875. The van der Waals surface area contributed by atoms with E-state index in [9.17, 15) is 14.4 Å². The van der Waals surface area contributed by atoms with Crippen LogP contribution in [-0.2, 0) is 26.4 Å². The van der Waals surface area contributed by atoms with Crippen LogP contribution in [0.3, 0.4) is 0 Å². The molecule has 0 saturated carbocycles. The normalized spacial score (nSPS) is 16.9. The van der Waals surface area contributed by atoms with Crippen LogP contribution in [0.25, 0.3) is 0 Å². The van der Waals surface area contributed by atoms with Gasteiger partial charge >= 0.3 is 12.2 Å². The Morgan fingerprint density at radius 3 is 1.93 bits per heavy atom. The molecule has 9 nitrogen and oxygen atoms in total. The first kappa shape index (κ1) is 30.3. The number of hydrogen-bond donors (Lipinski definition) is 1. The first-order chi connectivity index (χ1) is 19.6. The number of carbonyl (C=O) groups is 4. The third-order valence-electron chi connectivity index (χ3n) is 6.58. The number of imide groups is 1. The monoisotopic (exact) mass is 571 g/mol. The molecule has 0 saturated heterocycles. The second kappa shape index (κ2) is 11.3. The molecule has 0 aliphatic carbocycles. The highest BCUT2D eigenvalue weighted by molar-refractivity contribution is 6.15. The highest BCUT2D eigenvalue weighted by Crippen LogP contribution is 2.45. The minimum atomic E-state index is -2.04. The Morgan fingerprint density at radius 1 is 0.786 bits per heavy atom. The molecule has 0 radical (unpaired) electrons. The van der Waals surface area contributed by atoms with Crippen LogP contribution in [0.5, 0.6) is 0 Å². The number of benzene rings is 3. The SMILES string of the molecule is Cc1ccccc1[C@@]1(N(NC(=O)OC(C)(C)C)C(=O)OC(C)(C)C)C(=O)N(Cc2ccccc2)C(=O)c2ccccc21. The molecular weight excluding hydrogens is 534 g/mol. The molecule has 0 fully saturated rings. The number of nitrogens with zero attached hydrogens (tertiary/aromatic N) is 2. The summed E-state index contributed by atoms with van der Waals surface area (Å²) in [6.07, 6.45) is -1.98. The van der Waals surface area contributed by atoms with Gasteiger partial charge in [0.2, 0.25) is 0 Å². The van der Waals surface area contributed by atoms with E-state index in [0.29, 0.717) is 16.7 Å². The maximum Gasteiger partial charge on any atom is 0.431 e. The molecule has 4 amide bonds. The number of rotatable bonds is 4. The molecule has 0 bridgehead atoms. The zero-order valence-corrected chi connectivity index (χ0v) is 25.1. The van der Waals surface area contributed by atoms with Gasteiger partial charge in [0.1, 0.15) is 11.2 Å². The van der Waals surface area contributed by atoms with E-state index in [2.05, 4.69) is 5.43 Å². The van der Waals surface area contributed by atoms with Crippen LogP contribution in [0.15, 0.2) is 78.9 Å². The summed E-state index contributed by atoms with van der Waals surface area (Å²) >= 11 is 0. The number of carbonyl (C=O) groups excluding carboxylic acids is 4. The lowest BCUT2D eigenvalue weighted by atomic mass is 9.74. The van der Waals surface area contributed by atoms with Crippen molar-refractivity contribution in [3.05, 3.63) is 107 Å². The minimum absolute atomic E-state index is 0.0604. The van der Waals surface area contributed by atoms with E-state index >= 15 is 4.79 Å². The lowest BCUT2D eigenvalue weighted by Crippen LogP contribution is -2.68. The number of amides is 4. The van der Waals surface area contributed by atoms with Crippen molar-refractivity contribution in [2.24, 2.45) is 0 Å². The first-order valence-electron chi connectivity index (χ1n) is 13.7. The predicted octanol–water partition coefficient (Wildman–Crippen LogP) is 6.10. The molecule has 3 aromatic rings. The zero-order chi connectivity index (χ0) is 30.9. The molecule has 0 unspecified atom stereocenters. The Morgan fingerprint density at radius 2 is 1.33 bits per heavy atom. The van der Waals surface area contributed by atoms with Crippen LogP contribution in [0.1, 0.15) is 74.2 Å². The average molecular weight is 572 g/mol. The Hall–Kier alpha value is -4.66. The summed E-state index contributed by atoms with van der Waals surface area (Å²) in [4.78, 5) is 57.5. The zero-order valence-electron chi connectivity index (χ0n) is 25.1. The van der Waals surface area contributed by atoms with E-state index in [1.54, 1.807) is 109 Å². The molecule has 42 heavy (non-hydrogen) atoms. The highest BCUT2D eigenvalue weighted by Gasteiger charge is 2.59. The molecule has 1 aliphatic rings. The first-order valence-corrected chi connectivity index (χ1v) is 13.7. The fourth-order valence-electron chi connectivity index (χ4n) is 4.98. The smallest absolute Gasteiger partial charge is 0.431 e. The van der Waals surface area contributed by atoms with Crippen LogP contribution in [0.4, 0.5) is 9.59 Å². The largest absolute Gasteiger partial charge is 0.443 e. The third-order valence-corrected chi connectivity index (χ3v) is 6.58. The molecule has 220 valence electrons. The van der Waals surface area contributed by atoms with Crippen LogP contribution >= 0.6 is 0 Å². The number of hydrazine groups is 1. The Balaban J connectivity index is 2.06. The van der Waals surface area contributed by atoms with Gasteiger partial charge in [-0.3, -0.25) is 14.5 Å². The van der Waals surface area contributed by atoms with Gasteiger partial charge in [-0.05, 0) is 71.2 Å². The molecular formula is C33H37N3O6. The highest BCUT2D eigenvalue weighted by atomic mass is 16.6. The second-order valence-electron chi connectivity index (χ2n) is 12.2. The quantitative estimate of drug-likeness (QED) is 0.300. The van der Waals surface area contributed by atoms with Gasteiger partial charge in [0.05, 0.1) is 6.54 Å². The van der Waals surface area contributed by atoms with E-state index in [1.165, 1.54) is 0 Å². The van der Waals surface area contributed by atoms with Crippen molar-refractivity contribution < 1.29 is 28.7 Å². The van der Waals surface area contributed by atoms with Crippen molar-refractivity contribution in [2.75, 3.05) is 0 Å². The van der Waals surface area contributed by atoms with E-state index in [-0.39, 0.29) is 17.7 Å². The summed E-state index contributed by atoms with van der Waals surface area (Å²) < 4.78 is 11.3. The minimum Gasteiger partial charge on any atom is -0.443 e. The average Bonchev–Trinajstić information content (AvgIpc) is 2.90. The molecule has 0 aromatic heterocycles. The van der Waals surface area contributed by atoms with Gasteiger partial charge in [0.25, 0.3) is 11.8 Å². The Labute approximate surface area is 246 Å². The van der Waals surface area contributed by atoms with Gasteiger partial charge < -0.3 is 9.47 Å². The maximum absolute atomic E-state index is 15.0. The lowest BCUT2D eigenvalue weighted by Gasteiger charge is -2.48. The number of fused-ring (bicyclic) bond motifs is 1. The Kier molecular flexibility index (Phi) is 8.16. The fraction of sp³-hybridized carbons (Fsp3) is 0.333. The fourth-order valence-corrected chi connectivity index (χ4v) is 4.98. The molecule has 9 heteroatoms.